The molecular formula is C100H146N6O10. The van der Waals surface area contributed by atoms with Crippen molar-refractivity contribution in [2.75, 3.05) is 105 Å². The Morgan fingerprint density at radius 3 is 1.11 bits per heavy atom. The Morgan fingerprint density at radius 2 is 0.759 bits per heavy atom. The molecule has 1 saturated heterocycles. The van der Waals surface area contributed by atoms with Crippen LogP contribution in [0.1, 0.15) is 257 Å². The highest BCUT2D eigenvalue weighted by Gasteiger charge is 2.61. The molecule has 8 aliphatic carbocycles. The number of hydrogen-bond donors (Lipinski definition) is 0. The van der Waals surface area contributed by atoms with E-state index in [1.807, 2.05) is 97.1 Å². The van der Waals surface area contributed by atoms with Crippen LogP contribution in [-0.4, -0.2) is 139 Å². The molecule has 4 aromatic rings. The van der Waals surface area contributed by atoms with E-state index in [4.69, 9.17) is 37.9 Å². The van der Waals surface area contributed by atoms with Gasteiger partial charge in [-0.25, -0.2) is 9.59 Å². The summed E-state index contributed by atoms with van der Waals surface area (Å²) in [6.45, 7) is 36.2. The minimum absolute atomic E-state index is 0.0846. The number of carbonyl (C=O) groups is 2. The van der Waals surface area contributed by atoms with E-state index in [9.17, 15) is 9.59 Å². The predicted molar refractivity (Wildman–Crippen MR) is 464 cm³/mol. The molecule has 1 heterocycles. The second kappa shape index (κ2) is 41.9. The van der Waals surface area contributed by atoms with Gasteiger partial charge in [-0.2, -0.15) is 20.5 Å². The van der Waals surface area contributed by atoms with E-state index in [1.54, 1.807) is 11.1 Å². The standard InChI is InChI=1S/C100H146N6O10/c1-71(2)17-15-19-73(5)89-41-43-91-87-39-25-77-69-85(45-49-97(77,7)93(87)47-51-99(89,91)9)115-95(107)75-21-27-79(28-22-75)101-103-81-31-35-83(36-32-81)113-59-13-11-53-105-55-61-109-65-67-111-63-57-106(58-64-112-68-66-110-62-56-105)54-12-14-60-114-84-37-33-82(34-38-84)104-102-80-29-23-76(24-30-80)96(108)116-86-46-50-98(8)78(70-86)26-40-88-92-44-42-90(74(6)20-16-18-72(3)4)100(92,10)52-48-94(88)98/h21-38,71-74,85-94H,11-20,39-70H2,1-10H3/t73-,74-,85+,86+,87+,88+,89-,90-,91+,92+,93+,94+,97+,98+,99-,100-/m1/s1. The van der Waals surface area contributed by atoms with E-state index in [1.165, 1.54) is 103 Å². The number of esters is 2. The Kier molecular flexibility index (Phi) is 31.7. The smallest absolute Gasteiger partial charge is 0.338 e. The molecule has 116 heavy (non-hydrogen) atoms. The second-order valence-electron chi connectivity index (χ2n) is 38.8. The Balaban J connectivity index is 0.454. The highest BCUT2D eigenvalue weighted by molar-refractivity contribution is 5.90. The summed E-state index contributed by atoms with van der Waals surface area (Å²) in [5.74, 6) is 10.8. The number of unbranched alkanes of at least 4 members (excludes halogenated alkanes) is 2. The Hall–Kier alpha value is -6.14. The molecule has 13 rings (SSSR count). The molecule has 0 amide bonds. The monoisotopic (exact) mass is 1590 g/mol. The second-order valence-corrected chi connectivity index (χ2v) is 38.8. The van der Waals surface area contributed by atoms with Crippen molar-refractivity contribution in [3.05, 3.63) is 131 Å². The van der Waals surface area contributed by atoms with Gasteiger partial charge in [0.2, 0.25) is 0 Å². The quantitative estimate of drug-likeness (QED) is 0.0210. The normalized spacial score (nSPS) is 31.0. The van der Waals surface area contributed by atoms with Crippen molar-refractivity contribution in [3.8, 4) is 11.5 Å². The maximum absolute atomic E-state index is 13.6. The van der Waals surface area contributed by atoms with E-state index >= 15 is 0 Å². The minimum Gasteiger partial charge on any atom is -0.494 e. The highest BCUT2D eigenvalue weighted by Crippen LogP contribution is 2.69. The summed E-state index contributed by atoms with van der Waals surface area (Å²) in [7, 11) is 0. The zero-order valence-corrected chi connectivity index (χ0v) is 72.9. The summed E-state index contributed by atoms with van der Waals surface area (Å²) >= 11 is 0. The van der Waals surface area contributed by atoms with Gasteiger partial charge in [0.05, 0.1) is 99.9 Å². The molecule has 0 N–H and O–H groups in total. The van der Waals surface area contributed by atoms with Crippen molar-refractivity contribution in [1.82, 2.24) is 9.80 Å². The molecule has 0 radical (unpaired) electrons. The van der Waals surface area contributed by atoms with E-state index < -0.39 is 0 Å². The first-order chi connectivity index (χ1) is 56.2. The third-order valence-corrected chi connectivity index (χ3v) is 30.7. The zero-order chi connectivity index (χ0) is 81.1. The molecule has 0 aromatic heterocycles. The minimum atomic E-state index is -0.257. The van der Waals surface area contributed by atoms with Crippen LogP contribution in [0.2, 0.25) is 0 Å². The van der Waals surface area contributed by atoms with Gasteiger partial charge in [-0.15, -0.1) is 0 Å². The van der Waals surface area contributed by atoms with E-state index in [0.29, 0.717) is 99.4 Å². The van der Waals surface area contributed by atoms with Gasteiger partial charge in [0.1, 0.15) is 23.7 Å². The Bertz CT molecular complexity index is 3580. The molecule has 1 aliphatic heterocycles. The number of carbonyl (C=O) groups excluding carboxylic acids is 2. The molecule has 6 saturated carbocycles. The fourth-order valence-corrected chi connectivity index (χ4v) is 24.1. The van der Waals surface area contributed by atoms with Crippen molar-refractivity contribution in [1.29, 1.82) is 0 Å². The average Bonchev–Trinajstić information content (AvgIpc) is 1.39. The molecule has 0 unspecified atom stereocenters. The van der Waals surface area contributed by atoms with E-state index in [0.717, 1.165) is 197 Å². The molecule has 9 aliphatic rings. The summed E-state index contributed by atoms with van der Waals surface area (Å²) in [6, 6.07) is 30.0. The van der Waals surface area contributed by atoms with Crippen LogP contribution in [0.25, 0.3) is 0 Å². The van der Waals surface area contributed by atoms with Crippen molar-refractivity contribution < 1.29 is 47.5 Å². The van der Waals surface area contributed by atoms with Crippen LogP contribution in [0.5, 0.6) is 11.5 Å². The van der Waals surface area contributed by atoms with Crippen LogP contribution in [0, 0.1) is 92.7 Å². The maximum atomic E-state index is 13.6. The van der Waals surface area contributed by atoms with E-state index in [2.05, 4.69) is 112 Å². The summed E-state index contributed by atoms with van der Waals surface area (Å²) in [5.41, 5.74) is 8.41. The first-order valence-electron chi connectivity index (χ1n) is 46.3. The fraction of sp³-hybridized carbons (Fsp3) is 0.700. The number of allylic oxidation sites excluding steroid dienone is 2. The molecule has 636 valence electrons. The SMILES string of the molecule is CC(C)CCC[C@@H](C)[C@H]1CC[C@H]2[C@@H]3CC=C4C[C@@H](OC(=O)c5ccc(N=Nc6ccc(OCCCCN7CCOCCOCCN(CCCCOc8ccc(N=Nc9ccc(C(=O)O[C@H]%10CC[C@@]%11(C)C(=CC[C@H]%12[C@@H]%13CC[C@H]([C@H](C)CCCC(C)C)[C@@]%13(C)CC[C@@H]%12%11)C%10)cc9)cc8)CCOCCOCC7)cc6)cc5)CC[C@]4(C)[C@H]3CC[C@]12C. The third-order valence-electron chi connectivity index (χ3n) is 30.7. The predicted octanol–water partition coefficient (Wildman–Crippen LogP) is 24.4. The lowest BCUT2D eigenvalue weighted by Crippen LogP contribution is -2.51. The number of benzene rings is 4. The van der Waals surface area contributed by atoms with Crippen LogP contribution >= 0.6 is 0 Å². The molecule has 0 bridgehead atoms. The van der Waals surface area contributed by atoms with Crippen molar-refractivity contribution >= 4 is 34.7 Å². The lowest BCUT2D eigenvalue weighted by atomic mass is 9.47. The highest BCUT2D eigenvalue weighted by atomic mass is 16.6. The molecular weight excluding hydrogens is 1450 g/mol. The average molecular weight is 1590 g/mol. The number of hydrogen-bond acceptors (Lipinski definition) is 16. The van der Waals surface area contributed by atoms with Crippen molar-refractivity contribution in [3.63, 3.8) is 0 Å². The molecule has 16 nitrogen and oxygen atoms in total. The number of nitrogens with zero attached hydrogens (tertiary/aromatic N) is 6. The number of azo groups is 2. The van der Waals surface area contributed by atoms with E-state index in [-0.39, 0.29) is 35.0 Å². The summed E-state index contributed by atoms with van der Waals surface area (Å²) in [6.07, 6.45) is 36.4. The Labute approximate surface area is 698 Å². The molecule has 4 aromatic carbocycles. The summed E-state index contributed by atoms with van der Waals surface area (Å²) < 4.78 is 49.0. The molecule has 16 atom stereocenters. The third kappa shape index (κ3) is 22.5. The van der Waals surface area contributed by atoms with Gasteiger partial charge >= 0.3 is 11.9 Å². The number of fused-ring (bicyclic) bond motifs is 10. The van der Waals surface area contributed by atoms with Crippen LogP contribution in [0.15, 0.2) is 141 Å². The van der Waals surface area contributed by atoms with Crippen molar-refractivity contribution in [2.24, 2.45) is 113 Å². The van der Waals surface area contributed by atoms with Crippen molar-refractivity contribution in [2.45, 2.75) is 248 Å². The van der Waals surface area contributed by atoms with Gasteiger partial charge in [-0.3, -0.25) is 9.80 Å². The van der Waals surface area contributed by atoms with Gasteiger partial charge in [0.25, 0.3) is 0 Å². The molecule has 0 spiro atoms. The van der Waals surface area contributed by atoms with Crippen LogP contribution in [0.3, 0.4) is 0 Å². The largest absolute Gasteiger partial charge is 0.494 e. The number of rotatable bonds is 30. The van der Waals surface area contributed by atoms with Gasteiger partial charge in [0.15, 0.2) is 0 Å². The van der Waals surface area contributed by atoms with Gasteiger partial charge in [-0.1, -0.05) is 131 Å². The molecule has 16 heteroatoms. The van der Waals surface area contributed by atoms with Crippen LogP contribution in [0.4, 0.5) is 22.7 Å². The molecule has 7 fully saturated rings. The van der Waals surface area contributed by atoms with Gasteiger partial charge in [-0.05, 0) is 318 Å². The van der Waals surface area contributed by atoms with Gasteiger partial charge in [0, 0.05) is 39.0 Å². The first kappa shape index (κ1) is 87.7. The number of ether oxygens (including phenoxy) is 8. The van der Waals surface area contributed by atoms with Crippen LogP contribution in [-0.2, 0) is 28.4 Å². The lowest BCUT2D eigenvalue weighted by molar-refractivity contribution is -0.0594. The lowest BCUT2D eigenvalue weighted by Gasteiger charge is -2.58. The van der Waals surface area contributed by atoms with Gasteiger partial charge < -0.3 is 37.9 Å². The first-order valence-corrected chi connectivity index (χ1v) is 46.3. The van der Waals surface area contributed by atoms with Crippen LogP contribution < -0.4 is 9.47 Å². The fourth-order valence-electron chi connectivity index (χ4n) is 24.1. The maximum Gasteiger partial charge on any atom is 0.338 e. The topological polar surface area (TPSA) is 164 Å². The summed E-state index contributed by atoms with van der Waals surface area (Å²) in [5, 5.41) is 17.9. The summed E-state index contributed by atoms with van der Waals surface area (Å²) in [4.78, 5) is 31.9. The zero-order valence-electron chi connectivity index (χ0n) is 72.9. The Morgan fingerprint density at radius 1 is 0.405 bits per heavy atom.